The van der Waals surface area contributed by atoms with Crippen molar-refractivity contribution in [3.05, 3.63) is 18.1 Å². The van der Waals surface area contributed by atoms with Crippen LogP contribution in [0.3, 0.4) is 0 Å². The number of hydrogen-bond acceptors (Lipinski definition) is 6. The van der Waals surface area contributed by atoms with Gasteiger partial charge in [0.25, 0.3) is 0 Å². The summed E-state index contributed by atoms with van der Waals surface area (Å²) in [7, 11) is 0. The number of nitrogen functional groups attached to an aromatic ring is 1. The first-order valence-electron chi connectivity index (χ1n) is 4.20. The summed E-state index contributed by atoms with van der Waals surface area (Å²) in [5.74, 6) is 0.544. The third kappa shape index (κ3) is 1.69. The maximum Gasteiger partial charge on any atom is 0.200 e. The lowest BCUT2D eigenvalue weighted by Gasteiger charge is -1.95. The van der Waals surface area contributed by atoms with E-state index in [1.54, 1.807) is 12.4 Å². The van der Waals surface area contributed by atoms with Gasteiger partial charge in [-0.2, -0.15) is 9.36 Å². The van der Waals surface area contributed by atoms with E-state index in [4.69, 9.17) is 5.73 Å². The van der Waals surface area contributed by atoms with Crippen LogP contribution in [0.25, 0.3) is 11.5 Å². The van der Waals surface area contributed by atoms with E-state index in [1.165, 1.54) is 0 Å². The molecule has 2 N–H and O–H groups in total. The van der Waals surface area contributed by atoms with Gasteiger partial charge in [0, 0.05) is 17.7 Å². The molecule has 2 heterocycles. The van der Waals surface area contributed by atoms with Crippen LogP contribution in [0.5, 0.6) is 0 Å². The van der Waals surface area contributed by atoms with E-state index in [0.717, 1.165) is 23.6 Å². The Morgan fingerprint density at radius 3 is 2.71 bits per heavy atom. The third-order valence-corrected chi connectivity index (χ3v) is 2.28. The molecule has 14 heavy (non-hydrogen) atoms. The number of aromatic nitrogens is 4. The first-order chi connectivity index (χ1) is 6.79. The van der Waals surface area contributed by atoms with Crippen LogP contribution in [0.4, 0.5) is 5.13 Å². The lowest BCUT2D eigenvalue weighted by Crippen LogP contribution is -1.92. The average Bonchev–Trinajstić information content (AvgIpc) is 2.65. The highest BCUT2D eigenvalue weighted by Crippen LogP contribution is 2.15. The summed E-state index contributed by atoms with van der Waals surface area (Å²) in [6, 6.07) is 0. The van der Waals surface area contributed by atoms with Crippen molar-refractivity contribution in [3.8, 4) is 11.5 Å². The van der Waals surface area contributed by atoms with Gasteiger partial charge in [0.1, 0.15) is 5.69 Å². The summed E-state index contributed by atoms with van der Waals surface area (Å²) in [5.41, 5.74) is 7.09. The Morgan fingerprint density at radius 1 is 1.36 bits per heavy atom. The van der Waals surface area contributed by atoms with Gasteiger partial charge in [-0.25, -0.2) is 4.98 Å². The molecule has 0 atom stereocenters. The van der Waals surface area contributed by atoms with E-state index in [2.05, 4.69) is 19.3 Å². The topological polar surface area (TPSA) is 77.6 Å². The molecular formula is C8H9N5S. The van der Waals surface area contributed by atoms with E-state index in [-0.39, 0.29) is 0 Å². The van der Waals surface area contributed by atoms with Crippen LogP contribution >= 0.6 is 11.5 Å². The smallest absolute Gasteiger partial charge is 0.200 e. The minimum atomic E-state index is 0.446. The molecule has 5 nitrogen and oxygen atoms in total. The van der Waals surface area contributed by atoms with Crippen molar-refractivity contribution in [2.24, 2.45) is 0 Å². The molecule has 2 aromatic heterocycles. The Balaban J connectivity index is 2.33. The van der Waals surface area contributed by atoms with Crippen molar-refractivity contribution in [3.63, 3.8) is 0 Å². The SMILES string of the molecule is CCc1cnc(-c2nsc(N)n2)cn1. The predicted octanol–water partition coefficient (Wildman–Crippen LogP) is 1.14. The molecule has 2 aromatic rings. The van der Waals surface area contributed by atoms with Crippen LogP contribution in [-0.4, -0.2) is 19.3 Å². The second kappa shape index (κ2) is 3.67. The van der Waals surface area contributed by atoms with E-state index < -0.39 is 0 Å². The zero-order chi connectivity index (χ0) is 9.97. The second-order valence-electron chi connectivity index (χ2n) is 2.70. The second-order valence-corrected chi connectivity index (χ2v) is 3.49. The molecular weight excluding hydrogens is 198 g/mol. The largest absolute Gasteiger partial charge is 0.374 e. The highest BCUT2D eigenvalue weighted by atomic mass is 32.1. The third-order valence-electron chi connectivity index (χ3n) is 1.74. The molecule has 0 fully saturated rings. The van der Waals surface area contributed by atoms with Crippen LogP contribution in [-0.2, 0) is 6.42 Å². The molecule has 0 aliphatic heterocycles. The molecule has 0 saturated heterocycles. The van der Waals surface area contributed by atoms with Crippen molar-refractivity contribution in [2.45, 2.75) is 13.3 Å². The Bertz CT molecular complexity index is 422. The summed E-state index contributed by atoms with van der Waals surface area (Å²) >= 11 is 1.16. The first-order valence-corrected chi connectivity index (χ1v) is 4.97. The van der Waals surface area contributed by atoms with Crippen LogP contribution in [0.2, 0.25) is 0 Å². The molecule has 0 saturated carbocycles. The molecule has 2 rings (SSSR count). The fourth-order valence-corrected chi connectivity index (χ4v) is 1.43. The number of aryl methyl sites for hydroxylation is 1. The Morgan fingerprint density at radius 2 is 2.21 bits per heavy atom. The number of anilines is 1. The number of nitrogens with zero attached hydrogens (tertiary/aromatic N) is 4. The van der Waals surface area contributed by atoms with Crippen molar-refractivity contribution < 1.29 is 0 Å². The molecule has 6 heteroatoms. The van der Waals surface area contributed by atoms with Crippen LogP contribution in [0.1, 0.15) is 12.6 Å². The van der Waals surface area contributed by atoms with Gasteiger partial charge < -0.3 is 5.73 Å². The molecule has 0 unspecified atom stereocenters. The first kappa shape index (κ1) is 9.01. The maximum atomic E-state index is 5.47. The fraction of sp³-hybridized carbons (Fsp3) is 0.250. The van der Waals surface area contributed by atoms with Gasteiger partial charge >= 0.3 is 0 Å². The van der Waals surface area contributed by atoms with E-state index in [1.807, 2.05) is 6.92 Å². The zero-order valence-electron chi connectivity index (χ0n) is 7.64. The normalized spacial score (nSPS) is 10.4. The minimum Gasteiger partial charge on any atom is -0.374 e. The summed E-state index contributed by atoms with van der Waals surface area (Å²) in [4.78, 5) is 12.4. The quantitative estimate of drug-likeness (QED) is 0.799. The van der Waals surface area contributed by atoms with Crippen LogP contribution < -0.4 is 5.73 Å². The lowest BCUT2D eigenvalue weighted by atomic mass is 10.3. The zero-order valence-corrected chi connectivity index (χ0v) is 8.45. The summed E-state index contributed by atoms with van der Waals surface area (Å²) in [6.07, 6.45) is 4.27. The molecule has 0 radical (unpaired) electrons. The fourth-order valence-electron chi connectivity index (χ4n) is 0.992. The van der Waals surface area contributed by atoms with Gasteiger partial charge in [0.05, 0.1) is 11.9 Å². The Labute approximate surface area is 85.2 Å². The van der Waals surface area contributed by atoms with E-state index in [0.29, 0.717) is 16.6 Å². The van der Waals surface area contributed by atoms with Crippen molar-refractivity contribution in [1.29, 1.82) is 0 Å². The summed E-state index contributed by atoms with van der Waals surface area (Å²) < 4.78 is 4.04. The number of rotatable bonds is 2. The molecule has 0 aliphatic rings. The van der Waals surface area contributed by atoms with E-state index in [9.17, 15) is 0 Å². The van der Waals surface area contributed by atoms with Gasteiger partial charge in [0.15, 0.2) is 11.0 Å². The van der Waals surface area contributed by atoms with Crippen LogP contribution in [0, 0.1) is 0 Å². The standard InChI is InChI=1S/C8H9N5S/c1-2-5-3-11-6(4-10-5)7-12-8(9)14-13-7/h3-4H,2H2,1H3,(H2,9,12,13). The number of hydrogen-bond donors (Lipinski definition) is 1. The van der Waals surface area contributed by atoms with Gasteiger partial charge in [-0.3, -0.25) is 4.98 Å². The molecule has 0 bridgehead atoms. The summed E-state index contributed by atoms with van der Waals surface area (Å²) in [5, 5.41) is 0.446. The van der Waals surface area contributed by atoms with Gasteiger partial charge in [-0.1, -0.05) is 6.92 Å². The average molecular weight is 207 g/mol. The minimum absolute atomic E-state index is 0.446. The van der Waals surface area contributed by atoms with Crippen molar-refractivity contribution in [1.82, 2.24) is 19.3 Å². The molecule has 0 aliphatic carbocycles. The monoisotopic (exact) mass is 207 g/mol. The highest BCUT2D eigenvalue weighted by molar-refractivity contribution is 7.09. The maximum absolute atomic E-state index is 5.47. The van der Waals surface area contributed by atoms with Crippen LogP contribution in [0.15, 0.2) is 12.4 Å². The molecule has 0 aromatic carbocycles. The number of nitrogens with two attached hydrogens (primary N) is 1. The summed E-state index contributed by atoms with van der Waals surface area (Å²) in [6.45, 7) is 2.03. The molecule has 72 valence electrons. The van der Waals surface area contributed by atoms with Gasteiger partial charge in [-0.15, -0.1) is 0 Å². The highest BCUT2D eigenvalue weighted by Gasteiger charge is 2.05. The van der Waals surface area contributed by atoms with Gasteiger partial charge in [-0.05, 0) is 6.42 Å². The lowest BCUT2D eigenvalue weighted by molar-refractivity contribution is 0.998. The van der Waals surface area contributed by atoms with E-state index >= 15 is 0 Å². The Kier molecular flexibility index (Phi) is 2.36. The molecule has 0 amide bonds. The van der Waals surface area contributed by atoms with Crippen molar-refractivity contribution in [2.75, 3.05) is 5.73 Å². The van der Waals surface area contributed by atoms with Gasteiger partial charge in [0.2, 0.25) is 0 Å². The predicted molar refractivity (Wildman–Crippen MR) is 54.7 cm³/mol. The van der Waals surface area contributed by atoms with Crippen molar-refractivity contribution >= 4 is 16.7 Å². The Hall–Kier alpha value is -1.56. The molecule has 0 spiro atoms.